The molecule has 0 bridgehead atoms. The molecule has 7 nitrogen and oxygen atoms in total. The Kier molecular flexibility index (Phi) is 8.25. The number of hydrogen-bond donors (Lipinski definition) is 2. The number of halogens is 1. The van der Waals surface area contributed by atoms with Crippen LogP contribution in [0, 0.1) is 11.7 Å². The highest BCUT2D eigenvalue weighted by molar-refractivity contribution is 5.89. The highest BCUT2D eigenvalue weighted by atomic mass is 19.1. The Labute approximate surface area is 199 Å². The molecule has 2 N–H and O–H groups in total. The summed E-state index contributed by atoms with van der Waals surface area (Å²) >= 11 is 0. The van der Waals surface area contributed by atoms with Gasteiger partial charge in [-0.25, -0.2) is 9.18 Å². The van der Waals surface area contributed by atoms with E-state index < -0.39 is 0 Å². The quantitative estimate of drug-likeness (QED) is 0.439. The number of carbonyl (C=O) groups excluding carboxylic acids is 1. The number of rotatable bonds is 9. The number of nitrogens with one attached hydrogen (secondary N) is 2. The summed E-state index contributed by atoms with van der Waals surface area (Å²) in [4.78, 5) is 14.8. The molecule has 34 heavy (non-hydrogen) atoms. The molecule has 2 amide bonds. The molecular weight excluding hydrogens is 433 g/mol. The van der Waals surface area contributed by atoms with Gasteiger partial charge in [-0.1, -0.05) is 25.1 Å². The first-order chi connectivity index (χ1) is 16.6. The Balaban J connectivity index is 1.17. The van der Waals surface area contributed by atoms with E-state index in [2.05, 4.69) is 25.7 Å². The largest absolute Gasteiger partial charge is 0.421 e. The van der Waals surface area contributed by atoms with E-state index >= 15 is 0 Å². The Morgan fingerprint density at radius 1 is 1.21 bits per heavy atom. The molecule has 4 rings (SSSR count). The topological polar surface area (TPSA) is 83.3 Å². The van der Waals surface area contributed by atoms with Crippen LogP contribution < -0.4 is 10.6 Å². The van der Waals surface area contributed by atoms with Crippen LogP contribution in [0.1, 0.15) is 37.6 Å². The average molecular weight is 466 g/mol. The van der Waals surface area contributed by atoms with Crippen molar-refractivity contribution in [3.63, 3.8) is 0 Å². The lowest BCUT2D eigenvalue weighted by atomic mass is 9.91. The number of aromatic nitrogens is 2. The van der Waals surface area contributed by atoms with Crippen LogP contribution >= 0.6 is 0 Å². The molecule has 0 radical (unpaired) electrons. The summed E-state index contributed by atoms with van der Waals surface area (Å²) in [5.41, 5.74) is 2.64. The van der Waals surface area contributed by atoms with Gasteiger partial charge in [-0.3, -0.25) is 0 Å². The molecule has 1 saturated heterocycles. The fourth-order valence-corrected chi connectivity index (χ4v) is 4.40. The summed E-state index contributed by atoms with van der Waals surface area (Å²) in [6, 6.07) is 14.0. The second kappa shape index (κ2) is 11.7. The van der Waals surface area contributed by atoms with E-state index in [0.717, 1.165) is 38.0 Å². The number of nitrogens with zero attached hydrogens (tertiary/aromatic N) is 3. The maximum Gasteiger partial charge on any atom is 0.319 e. The first-order valence-corrected chi connectivity index (χ1v) is 12.0. The smallest absolute Gasteiger partial charge is 0.319 e. The highest BCUT2D eigenvalue weighted by Crippen LogP contribution is 2.22. The van der Waals surface area contributed by atoms with Gasteiger partial charge in [0.2, 0.25) is 11.8 Å². The van der Waals surface area contributed by atoms with E-state index in [1.54, 1.807) is 0 Å². The number of carbonyl (C=O) groups is 1. The van der Waals surface area contributed by atoms with Gasteiger partial charge in [0.1, 0.15) is 5.82 Å². The second-order valence-electron chi connectivity index (χ2n) is 8.81. The van der Waals surface area contributed by atoms with Crippen molar-refractivity contribution in [3.05, 3.63) is 65.8 Å². The van der Waals surface area contributed by atoms with Crippen LogP contribution in [0.5, 0.6) is 0 Å². The average Bonchev–Trinajstić information content (AvgIpc) is 3.33. The fraction of sp³-hybridized carbons (Fsp3) is 0.423. The maximum absolute atomic E-state index is 13.1. The van der Waals surface area contributed by atoms with Crippen molar-refractivity contribution in [2.45, 2.75) is 39.0 Å². The zero-order chi connectivity index (χ0) is 23.8. The minimum Gasteiger partial charge on any atom is -0.421 e. The lowest BCUT2D eigenvalue weighted by molar-refractivity contribution is 0.172. The van der Waals surface area contributed by atoms with Crippen molar-refractivity contribution < 1.29 is 13.6 Å². The number of anilines is 1. The standard InChI is InChI=1S/C26H32FN5O2/c1-2-24-30-31-25(34-24)21-7-3-8-23(17-21)29-26(33)28-13-5-15-32-14-4-6-20(18-32)16-19-9-11-22(27)12-10-19/h3,7-12,17,20H,2,4-6,13-16,18H2,1H3,(H2,28,29,33). The van der Waals surface area contributed by atoms with Crippen molar-refractivity contribution in [2.75, 3.05) is 31.5 Å². The van der Waals surface area contributed by atoms with Crippen LogP contribution in [0.3, 0.4) is 0 Å². The summed E-state index contributed by atoms with van der Waals surface area (Å²) in [5.74, 6) is 1.44. The lowest BCUT2D eigenvalue weighted by Crippen LogP contribution is -2.38. The summed E-state index contributed by atoms with van der Waals surface area (Å²) in [5, 5.41) is 13.8. The zero-order valence-electron chi connectivity index (χ0n) is 19.6. The molecule has 3 aromatic rings. The van der Waals surface area contributed by atoms with Crippen LogP contribution in [-0.2, 0) is 12.8 Å². The Morgan fingerprint density at radius 2 is 2.06 bits per heavy atom. The molecule has 0 saturated carbocycles. The van der Waals surface area contributed by atoms with E-state index in [9.17, 15) is 9.18 Å². The Hall–Kier alpha value is -3.26. The van der Waals surface area contributed by atoms with E-state index in [4.69, 9.17) is 4.42 Å². The molecule has 0 spiro atoms. The highest BCUT2D eigenvalue weighted by Gasteiger charge is 2.20. The molecular formula is C26H32FN5O2. The van der Waals surface area contributed by atoms with Gasteiger partial charge in [0.15, 0.2) is 0 Å². The summed E-state index contributed by atoms with van der Waals surface area (Å²) in [6.07, 6.45) is 4.94. The van der Waals surface area contributed by atoms with Crippen molar-refractivity contribution in [1.82, 2.24) is 20.4 Å². The van der Waals surface area contributed by atoms with Crippen LogP contribution in [0.15, 0.2) is 52.9 Å². The third-order valence-corrected chi connectivity index (χ3v) is 6.11. The van der Waals surface area contributed by atoms with Crippen LogP contribution in [0.25, 0.3) is 11.5 Å². The molecule has 1 unspecified atom stereocenters. The summed E-state index contributed by atoms with van der Waals surface area (Å²) in [7, 11) is 0. The predicted octanol–water partition coefficient (Wildman–Crippen LogP) is 4.90. The molecule has 1 aliphatic heterocycles. The SMILES string of the molecule is CCc1nnc(-c2cccc(NC(=O)NCCCN3CCCC(Cc4ccc(F)cc4)C3)c2)o1. The summed E-state index contributed by atoms with van der Waals surface area (Å²) < 4.78 is 18.7. The maximum atomic E-state index is 13.1. The van der Waals surface area contributed by atoms with Gasteiger partial charge in [-0.05, 0) is 80.6 Å². The van der Waals surface area contributed by atoms with Gasteiger partial charge in [-0.15, -0.1) is 10.2 Å². The van der Waals surface area contributed by atoms with Gasteiger partial charge in [0, 0.05) is 30.8 Å². The minimum atomic E-state index is -0.232. The van der Waals surface area contributed by atoms with Gasteiger partial charge in [0.25, 0.3) is 0 Å². The van der Waals surface area contributed by atoms with Gasteiger partial charge >= 0.3 is 6.03 Å². The van der Waals surface area contributed by atoms with Crippen molar-refractivity contribution in [3.8, 4) is 11.5 Å². The number of likely N-dealkylation sites (tertiary alicyclic amines) is 1. The van der Waals surface area contributed by atoms with Crippen molar-refractivity contribution in [1.29, 1.82) is 0 Å². The molecule has 1 atom stereocenters. The van der Waals surface area contributed by atoms with E-state index in [1.807, 2.05) is 43.3 Å². The number of amides is 2. The third kappa shape index (κ3) is 6.87. The third-order valence-electron chi connectivity index (χ3n) is 6.11. The van der Waals surface area contributed by atoms with E-state index in [0.29, 0.717) is 36.4 Å². The number of piperidine rings is 1. The number of benzene rings is 2. The molecule has 2 heterocycles. The van der Waals surface area contributed by atoms with Gasteiger partial charge in [-0.2, -0.15) is 0 Å². The summed E-state index contributed by atoms with van der Waals surface area (Å²) in [6.45, 7) is 5.65. The number of aryl methyl sites for hydroxylation is 1. The fourth-order valence-electron chi connectivity index (χ4n) is 4.40. The Bertz CT molecular complexity index is 1070. The normalized spacial score (nSPS) is 16.4. The van der Waals surface area contributed by atoms with Crippen LogP contribution in [-0.4, -0.2) is 47.3 Å². The minimum absolute atomic E-state index is 0.185. The van der Waals surface area contributed by atoms with Crippen LogP contribution in [0.2, 0.25) is 0 Å². The van der Waals surface area contributed by atoms with E-state index in [1.165, 1.54) is 30.5 Å². The molecule has 1 aliphatic rings. The first-order valence-electron chi connectivity index (χ1n) is 12.0. The first kappa shape index (κ1) is 23.9. The molecule has 2 aromatic carbocycles. The number of urea groups is 1. The molecule has 0 aliphatic carbocycles. The monoisotopic (exact) mass is 465 g/mol. The second-order valence-corrected chi connectivity index (χ2v) is 8.81. The molecule has 180 valence electrons. The predicted molar refractivity (Wildman–Crippen MR) is 130 cm³/mol. The van der Waals surface area contributed by atoms with Crippen molar-refractivity contribution in [2.24, 2.45) is 5.92 Å². The lowest BCUT2D eigenvalue weighted by Gasteiger charge is -2.32. The number of hydrogen-bond acceptors (Lipinski definition) is 5. The van der Waals surface area contributed by atoms with Crippen LogP contribution in [0.4, 0.5) is 14.9 Å². The molecule has 1 fully saturated rings. The van der Waals surface area contributed by atoms with E-state index in [-0.39, 0.29) is 11.8 Å². The van der Waals surface area contributed by atoms with Gasteiger partial charge in [0.05, 0.1) is 0 Å². The van der Waals surface area contributed by atoms with Crippen molar-refractivity contribution >= 4 is 11.7 Å². The van der Waals surface area contributed by atoms with Gasteiger partial charge < -0.3 is 20.0 Å². The zero-order valence-corrected chi connectivity index (χ0v) is 19.6. The molecule has 1 aromatic heterocycles. The molecule has 8 heteroatoms. The Morgan fingerprint density at radius 3 is 2.85 bits per heavy atom.